The van der Waals surface area contributed by atoms with Gasteiger partial charge in [0.05, 0.1) is 24.7 Å². The Morgan fingerprint density at radius 1 is 1.04 bits per heavy atom. The highest BCUT2D eigenvalue weighted by Gasteiger charge is 2.13. The number of pyridine rings is 1. The summed E-state index contributed by atoms with van der Waals surface area (Å²) < 4.78 is 7.35. The third-order valence-corrected chi connectivity index (χ3v) is 4.54. The maximum absolute atomic E-state index is 12.3. The van der Waals surface area contributed by atoms with Crippen LogP contribution in [0.5, 0.6) is 5.75 Å². The molecule has 1 N–H and O–H groups in total. The summed E-state index contributed by atoms with van der Waals surface area (Å²) in [6, 6.07) is 21.2. The van der Waals surface area contributed by atoms with Gasteiger partial charge >= 0.3 is 0 Å². The molecule has 0 saturated heterocycles. The van der Waals surface area contributed by atoms with Gasteiger partial charge in [-0.25, -0.2) is 4.98 Å². The number of ether oxygens (including phenoxy) is 1. The van der Waals surface area contributed by atoms with Crippen LogP contribution in [-0.2, 0) is 13.1 Å². The zero-order chi connectivity index (χ0) is 19.3. The molecule has 0 aliphatic heterocycles. The summed E-state index contributed by atoms with van der Waals surface area (Å²) >= 11 is 0. The molecule has 0 saturated carbocycles. The molecule has 0 aliphatic rings. The maximum atomic E-state index is 12.3. The van der Waals surface area contributed by atoms with Gasteiger partial charge in [0, 0.05) is 12.7 Å². The predicted molar refractivity (Wildman–Crippen MR) is 107 cm³/mol. The van der Waals surface area contributed by atoms with Gasteiger partial charge in [-0.05, 0) is 42.0 Å². The summed E-state index contributed by atoms with van der Waals surface area (Å²) in [5, 5.41) is 2.92. The minimum absolute atomic E-state index is 0.219. The Morgan fingerprint density at radius 3 is 2.57 bits per heavy atom. The maximum Gasteiger partial charge on any atom is 0.270 e. The second kappa shape index (κ2) is 7.92. The molecule has 0 atom stereocenters. The van der Waals surface area contributed by atoms with Crippen LogP contribution in [0.15, 0.2) is 72.9 Å². The largest absolute Gasteiger partial charge is 0.497 e. The Labute approximate surface area is 162 Å². The van der Waals surface area contributed by atoms with Crippen LogP contribution >= 0.6 is 0 Å². The lowest BCUT2D eigenvalue weighted by Crippen LogP contribution is -2.25. The molecule has 0 aliphatic carbocycles. The van der Waals surface area contributed by atoms with E-state index in [9.17, 15) is 4.79 Å². The van der Waals surface area contributed by atoms with Gasteiger partial charge in [0.15, 0.2) is 0 Å². The van der Waals surface area contributed by atoms with Crippen LogP contribution in [-0.4, -0.2) is 27.6 Å². The van der Waals surface area contributed by atoms with Crippen LogP contribution in [0.1, 0.15) is 21.9 Å². The second-order valence-electron chi connectivity index (χ2n) is 6.35. The number of carbonyl (C=O) groups excluding carboxylic acids is 1. The first-order chi connectivity index (χ1) is 13.7. The lowest BCUT2D eigenvalue weighted by atomic mass is 10.2. The Balaban J connectivity index is 1.60. The van der Waals surface area contributed by atoms with Gasteiger partial charge in [-0.3, -0.25) is 9.78 Å². The number of amides is 1. The third kappa shape index (κ3) is 3.71. The first-order valence-electron chi connectivity index (χ1n) is 9.01. The van der Waals surface area contributed by atoms with E-state index in [1.165, 1.54) is 0 Å². The van der Waals surface area contributed by atoms with E-state index in [1.807, 2.05) is 48.5 Å². The molecular formula is C22H20N4O2. The number of rotatable bonds is 6. The quantitative estimate of drug-likeness (QED) is 0.563. The number of imidazole rings is 1. The molecule has 2 heterocycles. The fourth-order valence-electron chi connectivity index (χ4n) is 3.10. The summed E-state index contributed by atoms with van der Waals surface area (Å²) in [4.78, 5) is 21.1. The van der Waals surface area contributed by atoms with Crippen molar-refractivity contribution in [1.82, 2.24) is 19.9 Å². The second-order valence-corrected chi connectivity index (χ2v) is 6.35. The number of fused-ring (bicyclic) bond motifs is 1. The summed E-state index contributed by atoms with van der Waals surface area (Å²) in [5.74, 6) is 1.40. The number of aromatic nitrogens is 3. The molecule has 1 amide bonds. The zero-order valence-corrected chi connectivity index (χ0v) is 15.5. The predicted octanol–water partition coefficient (Wildman–Crippen LogP) is 3.42. The topological polar surface area (TPSA) is 69.0 Å². The first kappa shape index (κ1) is 17.7. The van der Waals surface area contributed by atoms with E-state index in [0.717, 1.165) is 28.2 Å². The molecule has 4 aromatic rings. The highest BCUT2D eigenvalue weighted by atomic mass is 16.5. The number of benzene rings is 2. The van der Waals surface area contributed by atoms with Crippen molar-refractivity contribution in [3.8, 4) is 5.75 Å². The van der Waals surface area contributed by atoms with Gasteiger partial charge in [0.25, 0.3) is 5.91 Å². The van der Waals surface area contributed by atoms with E-state index >= 15 is 0 Å². The lowest BCUT2D eigenvalue weighted by molar-refractivity contribution is 0.0944. The fraction of sp³-hybridized carbons (Fsp3) is 0.136. The van der Waals surface area contributed by atoms with Crippen LogP contribution in [0.25, 0.3) is 11.0 Å². The fourth-order valence-corrected chi connectivity index (χ4v) is 3.10. The average molecular weight is 372 g/mol. The summed E-state index contributed by atoms with van der Waals surface area (Å²) in [7, 11) is 1.65. The van der Waals surface area contributed by atoms with Gasteiger partial charge in [0.2, 0.25) is 0 Å². The van der Waals surface area contributed by atoms with E-state index < -0.39 is 0 Å². The molecule has 0 fully saturated rings. The van der Waals surface area contributed by atoms with Crippen molar-refractivity contribution in [2.45, 2.75) is 13.1 Å². The van der Waals surface area contributed by atoms with Crippen molar-refractivity contribution in [2.75, 3.05) is 7.11 Å². The van der Waals surface area contributed by atoms with Crippen LogP contribution in [0, 0.1) is 0 Å². The van der Waals surface area contributed by atoms with E-state index in [-0.39, 0.29) is 5.91 Å². The lowest BCUT2D eigenvalue weighted by Gasteiger charge is -2.11. The molecule has 6 heteroatoms. The smallest absolute Gasteiger partial charge is 0.270 e. The van der Waals surface area contributed by atoms with Gasteiger partial charge in [-0.15, -0.1) is 0 Å². The average Bonchev–Trinajstić information content (AvgIpc) is 3.10. The van der Waals surface area contributed by atoms with Gasteiger partial charge in [-0.2, -0.15) is 0 Å². The molecule has 4 rings (SSSR count). The van der Waals surface area contributed by atoms with Crippen molar-refractivity contribution in [3.05, 3.63) is 90.0 Å². The monoisotopic (exact) mass is 372 g/mol. The number of hydrogen-bond donors (Lipinski definition) is 1. The minimum atomic E-state index is -0.219. The molecule has 6 nitrogen and oxygen atoms in total. The molecule has 28 heavy (non-hydrogen) atoms. The normalized spacial score (nSPS) is 10.8. The highest BCUT2D eigenvalue weighted by Crippen LogP contribution is 2.19. The molecular weight excluding hydrogens is 352 g/mol. The van der Waals surface area contributed by atoms with Crippen molar-refractivity contribution in [2.24, 2.45) is 0 Å². The molecule has 0 spiro atoms. The number of nitrogens with zero attached hydrogens (tertiary/aromatic N) is 3. The Hall–Kier alpha value is -3.67. The van der Waals surface area contributed by atoms with Crippen LogP contribution in [0.2, 0.25) is 0 Å². The molecule has 2 aromatic carbocycles. The Morgan fingerprint density at radius 2 is 1.82 bits per heavy atom. The van der Waals surface area contributed by atoms with Crippen LogP contribution in [0.4, 0.5) is 0 Å². The minimum Gasteiger partial charge on any atom is -0.497 e. The zero-order valence-electron chi connectivity index (χ0n) is 15.5. The molecule has 140 valence electrons. The molecule has 0 bridgehead atoms. The van der Waals surface area contributed by atoms with Crippen LogP contribution < -0.4 is 10.1 Å². The van der Waals surface area contributed by atoms with Gasteiger partial charge in [-0.1, -0.05) is 30.3 Å². The first-order valence-corrected chi connectivity index (χ1v) is 9.01. The van der Waals surface area contributed by atoms with Crippen molar-refractivity contribution >= 4 is 16.9 Å². The SMILES string of the molecule is COc1ccc(Cn2c(CNC(=O)c3ccccn3)nc3ccccc32)cc1. The van der Waals surface area contributed by atoms with E-state index in [0.29, 0.717) is 18.8 Å². The number of hydrogen-bond acceptors (Lipinski definition) is 4. The summed E-state index contributed by atoms with van der Waals surface area (Å²) in [5.41, 5.74) is 3.44. The summed E-state index contributed by atoms with van der Waals surface area (Å²) in [6.07, 6.45) is 1.60. The molecule has 2 aromatic heterocycles. The molecule has 0 unspecified atom stereocenters. The standard InChI is InChI=1S/C22H20N4O2/c1-28-17-11-9-16(10-12-17)15-26-20-8-3-2-6-18(20)25-21(26)14-24-22(27)19-7-4-5-13-23-19/h2-13H,14-15H2,1H3,(H,24,27). The Kier molecular flexibility index (Phi) is 5.01. The van der Waals surface area contributed by atoms with Crippen molar-refractivity contribution in [1.29, 1.82) is 0 Å². The molecule has 0 radical (unpaired) electrons. The number of methoxy groups -OCH3 is 1. The number of para-hydroxylation sites is 2. The van der Waals surface area contributed by atoms with E-state index in [2.05, 4.69) is 14.9 Å². The van der Waals surface area contributed by atoms with Gasteiger partial charge < -0.3 is 14.6 Å². The number of carbonyl (C=O) groups is 1. The summed E-state index contributed by atoms with van der Waals surface area (Å²) in [6.45, 7) is 0.972. The highest BCUT2D eigenvalue weighted by molar-refractivity contribution is 5.92. The van der Waals surface area contributed by atoms with Crippen LogP contribution in [0.3, 0.4) is 0 Å². The number of nitrogens with one attached hydrogen (secondary N) is 1. The van der Waals surface area contributed by atoms with Gasteiger partial charge in [0.1, 0.15) is 17.3 Å². The van der Waals surface area contributed by atoms with Crippen molar-refractivity contribution < 1.29 is 9.53 Å². The van der Waals surface area contributed by atoms with Crippen molar-refractivity contribution in [3.63, 3.8) is 0 Å². The van der Waals surface area contributed by atoms with E-state index in [4.69, 9.17) is 9.72 Å². The Bertz CT molecular complexity index is 1090. The van der Waals surface area contributed by atoms with E-state index in [1.54, 1.807) is 31.5 Å². The third-order valence-electron chi connectivity index (χ3n) is 4.54.